The molecule has 2 amide bonds. The van der Waals surface area contributed by atoms with Crippen molar-refractivity contribution in [3.05, 3.63) is 65.7 Å². The van der Waals surface area contributed by atoms with E-state index in [0.29, 0.717) is 23.9 Å². The van der Waals surface area contributed by atoms with E-state index in [1.165, 1.54) is 0 Å². The minimum absolute atomic E-state index is 0.00190. The molecular weight excluding hydrogens is 404 g/mol. The number of benzene rings is 1. The van der Waals surface area contributed by atoms with Crippen LogP contribution in [0.4, 0.5) is 5.82 Å². The largest absolute Gasteiger partial charge is 0.481 e. The summed E-state index contributed by atoms with van der Waals surface area (Å²) < 4.78 is 12.5. The van der Waals surface area contributed by atoms with Crippen LogP contribution in [0.25, 0.3) is 0 Å². The Kier molecular flexibility index (Phi) is 6.08. The minimum Gasteiger partial charge on any atom is -0.481 e. The number of carbonyl (C=O) groups excluding carboxylic acids is 2. The summed E-state index contributed by atoms with van der Waals surface area (Å²) in [5.74, 6) is 2.83. The molecule has 1 aliphatic heterocycles. The first-order valence-corrected chi connectivity index (χ1v) is 10.7. The van der Waals surface area contributed by atoms with Crippen LogP contribution in [0.5, 0.6) is 5.75 Å². The number of fused-ring (bicyclic) bond motifs is 1. The van der Waals surface area contributed by atoms with Crippen LogP contribution in [-0.4, -0.2) is 27.7 Å². The number of hydrogen-bond donors (Lipinski definition) is 2. The Hall–Kier alpha value is -3.20. The van der Waals surface area contributed by atoms with E-state index < -0.39 is 6.10 Å². The Bertz CT molecular complexity index is 1020. The Morgan fingerprint density at radius 2 is 2.07 bits per heavy atom. The fraction of sp³-hybridized carbons (Fsp3) is 0.286. The second kappa shape index (κ2) is 9.08. The molecule has 0 saturated heterocycles. The van der Waals surface area contributed by atoms with Crippen LogP contribution in [0, 0.1) is 0 Å². The number of hydrogen-bond acceptors (Lipinski definition) is 6. The van der Waals surface area contributed by atoms with E-state index in [9.17, 15) is 9.59 Å². The number of carbonyl (C=O) groups is 2. The van der Waals surface area contributed by atoms with Crippen molar-refractivity contribution < 1.29 is 18.7 Å². The number of nitrogens with one attached hydrogen (secondary N) is 2. The van der Waals surface area contributed by atoms with Gasteiger partial charge in [-0.2, -0.15) is 16.9 Å². The van der Waals surface area contributed by atoms with Gasteiger partial charge in [0.1, 0.15) is 23.9 Å². The predicted molar refractivity (Wildman–Crippen MR) is 113 cm³/mol. The molecule has 0 radical (unpaired) electrons. The third-order valence-electron chi connectivity index (χ3n) is 4.62. The topological polar surface area (TPSA) is 98.4 Å². The minimum atomic E-state index is -0.701. The highest BCUT2D eigenvalue weighted by atomic mass is 32.2. The molecule has 4 rings (SSSR count). The fourth-order valence-electron chi connectivity index (χ4n) is 3.09. The van der Waals surface area contributed by atoms with E-state index in [2.05, 4.69) is 15.7 Å². The van der Waals surface area contributed by atoms with Gasteiger partial charge in [-0.05, 0) is 31.2 Å². The number of aromatic nitrogens is 2. The number of furan rings is 1. The van der Waals surface area contributed by atoms with Crippen molar-refractivity contribution in [1.82, 2.24) is 15.1 Å². The summed E-state index contributed by atoms with van der Waals surface area (Å²) in [6, 6.07) is 12.7. The number of ether oxygens (including phenoxy) is 1. The number of amides is 2. The zero-order chi connectivity index (χ0) is 20.9. The zero-order valence-corrected chi connectivity index (χ0v) is 17.3. The third kappa shape index (κ3) is 4.68. The summed E-state index contributed by atoms with van der Waals surface area (Å²) in [5.41, 5.74) is 1.85. The van der Waals surface area contributed by atoms with Gasteiger partial charge in [0.25, 0.3) is 5.91 Å². The van der Waals surface area contributed by atoms with Crippen molar-refractivity contribution in [2.75, 3.05) is 5.32 Å². The molecule has 0 bridgehead atoms. The summed E-state index contributed by atoms with van der Waals surface area (Å²) in [7, 11) is 0. The summed E-state index contributed by atoms with van der Waals surface area (Å²) in [6.07, 6.45) is 0.858. The van der Waals surface area contributed by atoms with Gasteiger partial charge in [0, 0.05) is 17.1 Å². The van der Waals surface area contributed by atoms with Gasteiger partial charge in [0.05, 0.1) is 18.5 Å². The van der Waals surface area contributed by atoms with Gasteiger partial charge in [-0.1, -0.05) is 18.2 Å². The molecule has 0 saturated carbocycles. The highest BCUT2D eigenvalue weighted by Crippen LogP contribution is 2.34. The summed E-state index contributed by atoms with van der Waals surface area (Å²) >= 11 is 1.73. The molecule has 9 heteroatoms. The Balaban J connectivity index is 1.43. The van der Waals surface area contributed by atoms with Crippen molar-refractivity contribution in [2.24, 2.45) is 0 Å². The van der Waals surface area contributed by atoms with Gasteiger partial charge in [0.2, 0.25) is 5.91 Å². The second-order valence-corrected chi connectivity index (χ2v) is 7.83. The molecule has 2 aromatic heterocycles. The maximum absolute atomic E-state index is 12.7. The molecule has 1 aliphatic rings. The SMILES string of the molecule is CC(Oc1ccccc1)C(=O)Nc1c2c(nn1CC(=O)NCc1ccco1)CSC2. The molecule has 156 valence electrons. The Labute approximate surface area is 178 Å². The zero-order valence-electron chi connectivity index (χ0n) is 16.5. The molecule has 0 spiro atoms. The first kappa shape index (κ1) is 20.1. The van der Waals surface area contributed by atoms with Crippen molar-refractivity contribution in [1.29, 1.82) is 0 Å². The van der Waals surface area contributed by atoms with Crippen LogP contribution in [0.2, 0.25) is 0 Å². The lowest BCUT2D eigenvalue weighted by molar-refractivity contribution is -0.123. The molecule has 0 fully saturated rings. The van der Waals surface area contributed by atoms with Crippen molar-refractivity contribution >= 4 is 29.4 Å². The number of anilines is 1. The quantitative estimate of drug-likeness (QED) is 0.575. The van der Waals surface area contributed by atoms with Gasteiger partial charge >= 0.3 is 0 Å². The summed E-state index contributed by atoms with van der Waals surface area (Å²) in [4.78, 5) is 25.1. The third-order valence-corrected chi connectivity index (χ3v) is 5.59. The van der Waals surface area contributed by atoms with Gasteiger partial charge in [0.15, 0.2) is 6.10 Å². The fourth-order valence-corrected chi connectivity index (χ4v) is 4.12. The smallest absolute Gasteiger partial charge is 0.266 e. The van der Waals surface area contributed by atoms with E-state index in [1.807, 2.05) is 18.2 Å². The molecule has 3 aromatic rings. The first-order valence-electron chi connectivity index (χ1n) is 9.58. The average Bonchev–Trinajstić information content (AvgIpc) is 3.47. The molecule has 30 heavy (non-hydrogen) atoms. The van der Waals surface area contributed by atoms with Crippen LogP contribution in [0.3, 0.4) is 0 Å². The number of thioether (sulfide) groups is 1. The molecule has 2 N–H and O–H groups in total. The van der Waals surface area contributed by atoms with Crippen molar-refractivity contribution in [2.45, 2.75) is 37.6 Å². The van der Waals surface area contributed by atoms with Gasteiger partial charge in [-0.3, -0.25) is 9.59 Å². The second-order valence-electron chi connectivity index (χ2n) is 6.84. The molecule has 0 aliphatic carbocycles. The predicted octanol–water partition coefficient (Wildman–Crippen LogP) is 2.95. The molecule has 8 nitrogen and oxygen atoms in total. The van der Waals surface area contributed by atoms with Crippen LogP contribution in [0.1, 0.15) is 23.9 Å². The maximum atomic E-state index is 12.7. The standard InChI is InChI=1S/C21H22N4O4S/c1-14(29-15-6-3-2-4-7-15)21(27)23-20-17-12-30-13-18(17)24-25(20)11-19(26)22-10-16-8-5-9-28-16/h2-9,14H,10-13H2,1H3,(H,22,26)(H,23,27). The van der Waals surface area contributed by atoms with Gasteiger partial charge in [-0.25, -0.2) is 4.68 Å². The lowest BCUT2D eigenvalue weighted by Crippen LogP contribution is -2.33. The molecule has 1 aromatic carbocycles. The van der Waals surface area contributed by atoms with Crippen molar-refractivity contribution in [3.8, 4) is 5.75 Å². The Morgan fingerprint density at radius 3 is 2.83 bits per heavy atom. The number of rotatable bonds is 8. The van der Waals surface area contributed by atoms with E-state index in [0.717, 1.165) is 22.8 Å². The molecule has 3 heterocycles. The normalized spacial score (nSPS) is 13.5. The first-order chi connectivity index (χ1) is 14.6. The average molecular weight is 426 g/mol. The molecule has 1 unspecified atom stereocenters. The molecule has 1 atom stereocenters. The van der Waals surface area contributed by atoms with E-state index in [-0.39, 0.29) is 18.4 Å². The number of para-hydroxylation sites is 1. The molecular formula is C21H22N4O4S. The van der Waals surface area contributed by atoms with Crippen LogP contribution >= 0.6 is 11.8 Å². The van der Waals surface area contributed by atoms with Crippen molar-refractivity contribution in [3.63, 3.8) is 0 Å². The monoisotopic (exact) mass is 426 g/mol. The lowest BCUT2D eigenvalue weighted by atomic mass is 10.2. The Morgan fingerprint density at radius 1 is 1.23 bits per heavy atom. The lowest BCUT2D eigenvalue weighted by Gasteiger charge is -2.16. The van der Waals surface area contributed by atoms with Gasteiger partial charge in [-0.15, -0.1) is 0 Å². The summed E-state index contributed by atoms with van der Waals surface area (Å²) in [6.45, 7) is 1.99. The van der Waals surface area contributed by atoms with E-state index >= 15 is 0 Å². The highest BCUT2D eigenvalue weighted by molar-refractivity contribution is 7.98. The van der Waals surface area contributed by atoms with Crippen LogP contribution < -0.4 is 15.4 Å². The van der Waals surface area contributed by atoms with Crippen LogP contribution in [-0.2, 0) is 34.2 Å². The van der Waals surface area contributed by atoms with Gasteiger partial charge < -0.3 is 19.8 Å². The van der Waals surface area contributed by atoms with Crippen LogP contribution in [0.15, 0.2) is 53.1 Å². The maximum Gasteiger partial charge on any atom is 0.266 e. The van der Waals surface area contributed by atoms with E-state index in [1.54, 1.807) is 53.9 Å². The van der Waals surface area contributed by atoms with E-state index in [4.69, 9.17) is 9.15 Å². The summed E-state index contributed by atoms with van der Waals surface area (Å²) in [5, 5.41) is 10.2. The number of nitrogens with zero attached hydrogens (tertiary/aromatic N) is 2. The highest BCUT2D eigenvalue weighted by Gasteiger charge is 2.26.